The van der Waals surface area contributed by atoms with Gasteiger partial charge in [0.05, 0.1) is 12.6 Å². The van der Waals surface area contributed by atoms with E-state index in [2.05, 4.69) is 63.9 Å². The number of nitrogens with zero attached hydrogens (tertiary/aromatic N) is 1. The highest BCUT2D eigenvalue weighted by Gasteiger charge is 2.17. The molecule has 0 radical (unpaired) electrons. The van der Waals surface area contributed by atoms with Crippen molar-refractivity contribution in [1.82, 2.24) is 15.6 Å². The maximum absolute atomic E-state index is 6.10. The van der Waals surface area contributed by atoms with E-state index in [1.807, 2.05) is 12.1 Å². The number of aliphatic imine (C=N–C) groups is 1. The van der Waals surface area contributed by atoms with Crippen LogP contribution in [0.25, 0.3) is 10.9 Å². The largest absolute Gasteiger partial charge is 0.491 e. The number of fused-ring (bicyclic) bond motifs is 1. The van der Waals surface area contributed by atoms with Crippen molar-refractivity contribution < 1.29 is 9.47 Å². The zero-order valence-electron chi connectivity index (χ0n) is 18.1. The summed E-state index contributed by atoms with van der Waals surface area (Å²) in [4.78, 5) is 7.78. The van der Waals surface area contributed by atoms with Crippen LogP contribution in [0.3, 0.4) is 0 Å². The molecule has 7 heteroatoms. The maximum atomic E-state index is 6.10. The number of hydrogen-bond acceptors (Lipinski definition) is 3. The van der Waals surface area contributed by atoms with E-state index in [-0.39, 0.29) is 30.1 Å². The summed E-state index contributed by atoms with van der Waals surface area (Å²) in [6, 6.07) is 16.7. The SMILES string of the molecule is CN=C(NCc1cc2ccccc2[nH]1)NCc1ccc(C)cc1OCC1CCCO1.I. The summed E-state index contributed by atoms with van der Waals surface area (Å²) in [7, 11) is 1.78. The van der Waals surface area contributed by atoms with Crippen LogP contribution in [0.5, 0.6) is 5.75 Å². The second-order valence-electron chi connectivity index (χ2n) is 7.72. The molecular weight excluding hydrogens is 503 g/mol. The number of aromatic nitrogens is 1. The Bertz CT molecular complexity index is 979. The van der Waals surface area contributed by atoms with Gasteiger partial charge in [-0.2, -0.15) is 0 Å². The molecule has 1 saturated heterocycles. The minimum Gasteiger partial charge on any atom is -0.491 e. The van der Waals surface area contributed by atoms with Gasteiger partial charge in [-0.15, -0.1) is 24.0 Å². The van der Waals surface area contributed by atoms with Crippen molar-refractivity contribution >= 4 is 40.8 Å². The first kappa shape index (κ1) is 23.4. The van der Waals surface area contributed by atoms with Gasteiger partial charge in [-0.1, -0.05) is 30.3 Å². The van der Waals surface area contributed by atoms with Crippen molar-refractivity contribution in [2.24, 2.45) is 4.99 Å². The molecule has 1 aliphatic rings. The van der Waals surface area contributed by atoms with Gasteiger partial charge in [0, 0.05) is 37.0 Å². The van der Waals surface area contributed by atoms with Gasteiger partial charge in [-0.25, -0.2) is 0 Å². The molecule has 4 rings (SSSR count). The molecule has 2 aromatic carbocycles. The standard InChI is InChI=1S/C24H30N4O2.HI/c1-17-9-10-19(23(12-17)30-16-21-7-5-11-29-21)14-26-24(25-2)27-15-20-13-18-6-3-4-8-22(18)28-20;/h3-4,6,8-10,12-13,21,28H,5,7,11,14-16H2,1-2H3,(H2,25,26,27);1H. The van der Waals surface area contributed by atoms with E-state index >= 15 is 0 Å². The van der Waals surface area contributed by atoms with Gasteiger partial charge in [0.25, 0.3) is 0 Å². The minimum absolute atomic E-state index is 0. The third-order valence-corrected chi connectivity index (χ3v) is 5.37. The van der Waals surface area contributed by atoms with Crippen molar-refractivity contribution in [2.75, 3.05) is 20.3 Å². The number of H-pyrrole nitrogens is 1. The van der Waals surface area contributed by atoms with Gasteiger partial charge in [0.15, 0.2) is 5.96 Å². The van der Waals surface area contributed by atoms with E-state index in [4.69, 9.17) is 9.47 Å². The summed E-state index contributed by atoms with van der Waals surface area (Å²) in [5, 5.41) is 7.98. The Morgan fingerprint density at radius 2 is 2.00 bits per heavy atom. The topological polar surface area (TPSA) is 70.7 Å². The molecule has 3 aromatic rings. The van der Waals surface area contributed by atoms with Gasteiger partial charge in [0.1, 0.15) is 12.4 Å². The van der Waals surface area contributed by atoms with E-state index in [1.54, 1.807) is 7.05 Å². The van der Waals surface area contributed by atoms with E-state index in [0.29, 0.717) is 19.7 Å². The maximum Gasteiger partial charge on any atom is 0.191 e. The van der Waals surface area contributed by atoms with Crippen molar-refractivity contribution in [3.05, 3.63) is 65.4 Å². The van der Waals surface area contributed by atoms with Crippen molar-refractivity contribution in [2.45, 2.75) is 39.0 Å². The second-order valence-corrected chi connectivity index (χ2v) is 7.72. The second kappa shape index (κ2) is 11.4. The monoisotopic (exact) mass is 534 g/mol. The minimum atomic E-state index is 0. The lowest BCUT2D eigenvalue weighted by molar-refractivity contribution is 0.0676. The Kier molecular flexibility index (Phi) is 8.60. The highest BCUT2D eigenvalue weighted by Crippen LogP contribution is 2.22. The van der Waals surface area contributed by atoms with Crippen LogP contribution in [0.4, 0.5) is 0 Å². The van der Waals surface area contributed by atoms with Crippen molar-refractivity contribution in [3.8, 4) is 5.75 Å². The predicted molar refractivity (Wildman–Crippen MR) is 136 cm³/mol. The quantitative estimate of drug-likeness (QED) is 0.237. The lowest BCUT2D eigenvalue weighted by Gasteiger charge is -2.17. The summed E-state index contributed by atoms with van der Waals surface area (Å²) < 4.78 is 11.8. The van der Waals surface area contributed by atoms with Gasteiger partial charge < -0.3 is 25.1 Å². The molecule has 0 amide bonds. The molecule has 0 bridgehead atoms. The average Bonchev–Trinajstić information content (AvgIpc) is 3.42. The summed E-state index contributed by atoms with van der Waals surface area (Å²) in [5.41, 5.74) is 4.55. The molecule has 3 N–H and O–H groups in total. The Morgan fingerprint density at radius 3 is 2.77 bits per heavy atom. The molecule has 166 valence electrons. The van der Waals surface area contributed by atoms with Crippen LogP contribution < -0.4 is 15.4 Å². The van der Waals surface area contributed by atoms with Crippen LogP contribution in [-0.2, 0) is 17.8 Å². The van der Waals surface area contributed by atoms with E-state index < -0.39 is 0 Å². The van der Waals surface area contributed by atoms with Gasteiger partial charge in [0.2, 0.25) is 0 Å². The first-order chi connectivity index (χ1) is 14.7. The molecule has 1 fully saturated rings. The Morgan fingerprint density at radius 1 is 1.16 bits per heavy atom. The number of para-hydroxylation sites is 1. The lowest BCUT2D eigenvalue weighted by Crippen LogP contribution is -2.36. The fourth-order valence-electron chi connectivity index (χ4n) is 3.71. The normalized spacial score (nSPS) is 16.2. The Hall–Kier alpha value is -2.26. The number of guanidine groups is 1. The molecule has 0 spiro atoms. The highest BCUT2D eigenvalue weighted by atomic mass is 127. The van der Waals surface area contributed by atoms with Crippen LogP contribution in [0.15, 0.2) is 53.5 Å². The third kappa shape index (κ3) is 6.36. The van der Waals surface area contributed by atoms with Crippen LogP contribution >= 0.6 is 24.0 Å². The van der Waals surface area contributed by atoms with Crippen molar-refractivity contribution in [1.29, 1.82) is 0 Å². The summed E-state index contributed by atoms with van der Waals surface area (Å²) in [6.07, 6.45) is 2.40. The fourth-order valence-corrected chi connectivity index (χ4v) is 3.71. The summed E-state index contributed by atoms with van der Waals surface area (Å²) in [6.45, 7) is 4.83. The van der Waals surface area contributed by atoms with Gasteiger partial charge >= 0.3 is 0 Å². The molecule has 2 heterocycles. The molecule has 31 heavy (non-hydrogen) atoms. The first-order valence-corrected chi connectivity index (χ1v) is 10.6. The Labute approximate surface area is 200 Å². The number of nitrogens with one attached hydrogen (secondary N) is 3. The molecule has 1 atom stereocenters. The number of aromatic amines is 1. The van der Waals surface area contributed by atoms with Crippen LogP contribution in [0.2, 0.25) is 0 Å². The van der Waals surface area contributed by atoms with E-state index in [0.717, 1.165) is 47.9 Å². The van der Waals surface area contributed by atoms with E-state index in [9.17, 15) is 0 Å². The number of hydrogen-bond donors (Lipinski definition) is 3. The zero-order chi connectivity index (χ0) is 20.8. The third-order valence-electron chi connectivity index (χ3n) is 5.37. The average molecular weight is 534 g/mol. The van der Waals surface area contributed by atoms with E-state index in [1.165, 1.54) is 10.9 Å². The molecular formula is C24H31IN4O2. The number of halogens is 1. The number of ether oxygens (including phenoxy) is 2. The number of rotatable bonds is 7. The van der Waals surface area contributed by atoms with Crippen LogP contribution in [0, 0.1) is 6.92 Å². The smallest absolute Gasteiger partial charge is 0.191 e. The van der Waals surface area contributed by atoms with Gasteiger partial charge in [-0.05, 0) is 48.9 Å². The molecule has 0 aliphatic carbocycles. The van der Waals surface area contributed by atoms with Crippen molar-refractivity contribution in [3.63, 3.8) is 0 Å². The zero-order valence-corrected chi connectivity index (χ0v) is 20.4. The molecule has 1 aromatic heterocycles. The summed E-state index contributed by atoms with van der Waals surface area (Å²) >= 11 is 0. The van der Waals surface area contributed by atoms with Gasteiger partial charge in [-0.3, -0.25) is 4.99 Å². The lowest BCUT2D eigenvalue weighted by atomic mass is 10.1. The predicted octanol–water partition coefficient (Wildman–Crippen LogP) is 4.52. The van der Waals surface area contributed by atoms with Crippen LogP contribution in [0.1, 0.15) is 29.7 Å². The Balaban J connectivity index is 0.00000272. The molecule has 1 aliphatic heterocycles. The molecule has 6 nitrogen and oxygen atoms in total. The first-order valence-electron chi connectivity index (χ1n) is 10.6. The fraction of sp³-hybridized carbons (Fsp3) is 0.375. The molecule has 1 unspecified atom stereocenters. The van der Waals surface area contributed by atoms with Crippen LogP contribution in [-0.4, -0.2) is 37.3 Å². The number of benzene rings is 2. The number of aryl methyl sites for hydroxylation is 1. The highest BCUT2D eigenvalue weighted by molar-refractivity contribution is 14.0. The summed E-state index contributed by atoms with van der Waals surface area (Å²) in [5.74, 6) is 1.66. The molecule has 0 saturated carbocycles.